The number of nitrogens with zero attached hydrogens (tertiary/aromatic N) is 2. The van der Waals surface area contributed by atoms with Gasteiger partial charge >= 0.3 is 0 Å². The summed E-state index contributed by atoms with van der Waals surface area (Å²) in [5.41, 5.74) is 1.80. The van der Waals surface area contributed by atoms with E-state index in [1.807, 2.05) is 31.2 Å². The van der Waals surface area contributed by atoms with E-state index in [-0.39, 0.29) is 17.8 Å². The summed E-state index contributed by atoms with van der Waals surface area (Å²) in [5.74, 6) is -0.375. The fourth-order valence-corrected chi connectivity index (χ4v) is 2.62. The number of amides is 1. The molecule has 1 unspecified atom stereocenters. The molecule has 1 atom stereocenters. The van der Waals surface area contributed by atoms with Crippen LogP contribution >= 0.6 is 0 Å². The third-order valence-electron chi connectivity index (χ3n) is 3.87. The van der Waals surface area contributed by atoms with Gasteiger partial charge in [-0.1, -0.05) is 37.3 Å². The molecule has 0 saturated carbocycles. The minimum atomic E-state index is -0.365. The lowest BCUT2D eigenvalue weighted by molar-refractivity contribution is -0.124. The SMILES string of the molecule is CCC(C(=O)NCc1ccc(F)cc1)n1ncc2ccccc21. The Labute approximate surface area is 133 Å². The topological polar surface area (TPSA) is 46.9 Å². The Bertz CT molecular complexity index is 811. The second kappa shape index (κ2) is 6.60. The van der Waals surface area contributed by atoms with E-state index in [1.54, 1.807) is 23.0 Å². The van der Waals surface area contributed by atoms with Crippen molar-refractivity contribution in [2.75, 3.05) is 0 Å². The van der Waals surface area contributed by atoms with Gasteiger partial charge in [-0.3, -0.25) is 9.48 Å². The van der Waals surface area contributed by atoms with E-state index in [1.165, 1.54) is 12.1 Å². The van der Waals surface area contributed by atoms with Crippen molar-refractivity contribution in [3.63, 3.8) is 0 Å². The molecule has 3 rings (SSSR count). The van der Waals surface area contributed by atoms with Crippen LogP contribution in [0.25, 0.3) is 10.9 Å². The molecule has 1 aromatic heterocycles. The first kappa shape index (κ1) is 15.2. The lowest BCUT2D eigenvalue weighted by atomic mass is 10.1. The molecule has 4 nitrogen and oxygen atoms in total. The number of hydrogen-bond acceptors (Lipinski definition) is 2. The summed E-state index contributed by atoms with van der Waals surface area (Å²) in [5, 5.41) is 8.27. The van der Waals surface area contributed by atoms with E-state index in [0.717, 1.165) is 16.5 Å². The minimum Gasteiger partial charge on any atom is -0.350 e. The van der Waals surface area contributed by atoms with Crippen LogP contribution in [0.4, 0.5) is 4.39 Å². The van der Waals surface area contributed by atoms with Crippen LogP contribution in [-0.2, 0) is 11.3 Å². The van der Waals surface area contributed by atoms with Gasteiger partial charge in [0.1, 0.15) is 11.9 Å². The maximum atomic E-state index is 12.9. The van der Waals surface area contributed by atoms with Crippen LogP contribution in [0.15, 0.2) is 54.7 Å². The van der Waals surface area contributed by atoms with Gasteiger partial charge in [-0.15, -0.1) is 0 Å². The Morgan fingerprint density at radius 1 is 1.22 bits per heavy atom. The molecule has 0 saturated heterocycles. The van der Waals surface area contributed by atoms with Crippen molar-refractivity contribution in [1.29, 1.82) is 0 Å². The molecule has 2 aromatic carbocycles. The number of rotatable bonds is 5. The van der Waals surface area contributed by atoms with Crippen molar-refractivity contribution in [3.8, 4) is 0 Å². The maximum Gasteiger partial charge on any atom is 0.245 e. The Balaban J connectivity index is 1.75. The van der Waals surface area contributed by atoms with Crippen molar-refractivity contribution in [1.82, 2.24) is 15.1 Å². The molecule has 1 heterocycles. The number of benzene rings is 2. The normalized spacial score (nSPS) is 12.3. The number of fused-ring (bicyclic) bond motifs is 1. The monoisotopic (exact) mass is 311 g/mol. The van der Waals surface area contributed by atoms with E-state index in [2.05, 4.69) is 10.4 Å². The number of para-hydroxylation sites is 1. The lowest BCUT2D eigenvalue weighted by Crippen LogP contribution is -2.32. The van der Waals surface area contributed by atoms with Gasteiger partial charge in [-0.05, 0) is 30.2 Å². The summed E-state index contributed by atoms with van der Waals surface area (Å²) in [7, 11) is 0. The van der Waals surface area contributed by atoms with Crippen LogP contribution in [0.5, 0.6) is 0 Å². The molecule has 5 heteroatoms. The summed E-state index contributed by atoms with van der Waals surface area (Å²) in [6, 6.07) is 13.6. The molecule has 0 aliphatic rings. The van der Waals surface area contributed by atoms with Crippen LogP contribution in [-0.4, -0.2) is 15.7 Å². The Morgan fingerprint density at radius 3 is 2.70 bits per heavy atom. The van der Waals surface area contributed by atoms with Gasteiger partial charge in [0.05, 0.1) is 11.7 Å². The summed E-state index contributed by atoms with van der Waals surface area (Å²) in [6.45, 7) is 2.33. The quantitative estimate of drug-likeness (QED) is 0.784. The molecule has 0 aliphatic heterocycles. The van der Waals surface area contributed by atoms with E-state index in [0.29, 0.717) is 13.0 Å². The number of halogens is 1. The van der Waals surface area contributed by atoms with Crippen LogP contribution in [0, 0.1) is 5.82 Å². The smallest absolute Gasteiger partial charge is 0.245 e. The number of nitrogens with one attached hydrogen (secondary N) is 1. The zero-order valence-corrected chi connectivity index (χ0v) is 12.9. The number of hydrogen-bond donors (Lipinski definition) is 1. The largest absolute Gasteiger partial charge is 0.350 e. The van der Waals surface area contributed by atoms with Crippen molar-refractivity contribution >= 4 is 16.8 Å². The van der Waals surface area contributed by atoms with Crippen molar-refractivity contribution in [3.05, 3.63) is 66.1 Å². The average molecular weight is 311 g/mol. The van der Waals surface area contributed by atoms with Gasteiger partial charge in [0.25, 0.3) is 0 Å². The molecule has 0 spiro atoms. The third kappa shape index (κ3) is 3.23. The second-order valence-corrected chi connectivity index (χ2v) is 5.42. The summed E-state index contributed by atoms with van der Waals surface area (Å²) < 4.78 is 14.7. The summed E-state index contributed by atoms with van der Waals surface area (Å²) in [6.07, 6.45) is 2.41. The molecular formula is C18H18FN3O. The highest BCUT2D eigenvalue weighted by Gasteiger charge is 2.20. The molecule has 1 N–H and O–H groups in total. The Hall–Kier alpha value is -2.69. The fourth-order valence-electron chi connectivity index (χ4n) is 2.62. The standard InChI is InChI=1S/C18H18FN3O/c1-2-16(22-17-6-4-3-5-14(17)12-21-22)18(23)20-11-13-7-9-15(19)10-8-13/h3-10,12,16H,2,11H2,1H3,(H,20,23). The molecular weight excluding hydrogens is 293 g/mol. The molecule has 0 aliphatic carbocycles. The Morgan fingerprint density at radius 2 is 1.96 bits per heavy atom. The van der Waals surface area contributed by atoms with E-state index < -0.39 is 0 Å². The lowest BCUT2D eigenvalue weighted by Gasteiger charge is -2.16. The van der Waals surface area contributed by atoms with Gasteiger partial charge in [0.2, 0.25) is 5.91 Å². The first-order valence-corrected chi connectivity index (χ1v) is 7.63. The van der Waals surface area contributed by atoms with Crippen molar-refractivity contribution < 1.29 is 9.18 Å². The zero-order chi connectivity index (χ0) is 16.2. The van der Waals surface area contributed by atoms with Crippen LogP contribution in [0.1, 0.15) is 24.9 Å². The van der Waals surface area contributed by atoms with Crippen LogP contribution in [0.2, 0.25) is 0 Å². The van der Waals surface area contributed by atoms with Gasteiger partial charge < -0.3 is 5.32 Å². The van der Waals surface area contributed by atoms with Gasteiger partial charge in [0.15, 0.2) is 0 Å². The van der Waals surface area contributed by atoms with E-state index in [9.17, 15) is 9.18 Å². The number of carbonyl (C=O) groups is 1. The molecule has 118 valence electrons. The highest BCUT2D eigenvalue weighted by atomic mass is 19.1. The van der Waals surface area contributed by atoms with Crippen molar-refractivity contribution in [2.24, 2.45) is 0 Å². The van der Waals surface area contributed by atoms with Gasteiger partial charge in [0, 0.05) is 11.9 Å². The van der Waals surface area contributed by atoms with Gasteiger partial charge in [-0.25, -0.2) is 4.39 Å². The second-order valence-electron chi connectivity index (χ2n) is 5.42. The first-order chi connectivity index (χ1) is 11.2. The Kier molecular flexibility index (Phi) is 4.37. The van der Waals surface area contributed by atoms with Crippen molar-refractivity contribution in [2.45, 2.75) is 25.9 Å². The van der Waals surface area contributed by atoms with E-state index >= 15 is 0 Å². The molecule has 1 amide bonds. The van der Waals surface area contributed by atoms with Crippen LogP contribution < -0.4 is 5.32 Å². The van der Waals surface area contributed by atoms with Crippen LogP contribution in [0.3, 0.4) is 0 Å². The molecule has 0 radical (unpaired) electrons. The molecule has 23 heavy (non-hydrogen) atoms. The predicted molar refractivity (Wildman–Crippen MR) is 87.3 cm³/mol. The summed E-state index contributed by atoms with van der Waals surface area (Å²) >= 11 is 0. The highest BCUT2D eigenvalue weighted by Crippen LogP contribution is 2.20. The van der Waals surface area contributed by atoms with Gasteiger partial charge in [-0.2, -0.15) is 5.10 Å². The molecule has 0 bridgehead atoms. The predicted octanol–water partition coefficient (Wildman–Crippen LogP) is 3.44. The third-order valence-corrected chi connectivity index (χ3v) is 3.87. The number of carbonyl (C=O) groups excluding carboxylic acids is 1. The average Bonchev–Trinajstić information content (AvgIpc) is 2.99. The van der Waals surface area contributed by atoms with E-state index in [4.69, 9.17) is 0 Å². The fraction of sp³-hybridized carbons (Fsp3) is 0.222. The first-order valence-electron chi connectivity index (χ1n) is 7.63. The molecule has 0 fully saturated rings. The highest BCUT2D eigenvalue weighted by molar-refractivity contribution is 5.84. The minimum absolute atomic E-state index is 0.0920. The zero-order valence-electron chi connectivity index (χ0n) is 12.9. The summed E-state index contributed by atoms with van der Waals surface area (Å²) in [4.78, 5) is 12.5. The molecule has 3 aromatic rings. The number of aromatic nitrogens is 2. The maximum absolute atomic E-state index is 12.9.